The summed E-state index contributed by atoms with van der Waals surface area (Å²) in [4.78, 5) is 2.38. The van der Waals surface area contributed by atoms with Crippen LogP contribution in [0, 0.1) is 5.82 Å². The van der Waals surface area contributed by atoms with Crippen LogP contribution in [0.25, 0.3) is 0 Å². The Morgan fingerprint density at radius 1 is 1.22 bits per heavy atom. The number of halogens is 3. The van der Waals surface area contributed by atoms with Crippen LogP contribution in [-0.2, 0) is 17.9 Å². The maximum atomic E-state index is 13.9. The summed E-state index contributed by atoms with van der Waals surface area (Å²) in [6, 6.07) is 10.5. The molecule has 1 N–H and O–H groups in total. The predicted octanol–water partition coefficient (Wildman–Crippen LogP) is 4.24. The highest BCUT2D eigenvalue weighted by atomic mass is 79.9. The second-order valence-corrected chi connectivity index (χ2v) is 7.69. The Kier molecular flexibility index (Phi) is 7.91. The Morgan fingerprint density at radius 2 is 2.04 bits per heavy atom. The summed E-state index contributed by atoms with van der Waals surface area (Å²) < 4.78 is 26.2. The van der Waals surface area contributed by atoms with E-state index in [1.165, 1.54) is 6.07 Å². The smallest absolute Gasteiger partial charge is 0.131 e. The maximum Gasteiger partial charge on any atom is 0.131 e. The molecule has 0 atom stereocenters. The molecule has 1 fully saturated rings. The molecule has 3 rings (SSSR count). The number of ether oxygens (including phenoxy) is 2. The van der Waals surface area contributed by atoms with Crippen molar-refractivity contribution in [2.75, 3.05) is 39.4 Å². The van der Waals surface area contributed by atoms with E-state index in [2.05, 4.69) is 26.1 Å². The van der Waals surface area contributed by atoms with Gasteiger partial charge < -0.3 is 14.8 Å². The van der Waals surface area contributed by atoms with Crippen molar-refractivity contribution in [2.45, 2.75) is 13.2 Å². The van der Waals surface area contributed by atoms with Gasteiger partial charge in [-0.1, -0.05) is 33.6 Å². The third kappa shape index (κ3) is 6.16. The number of hydrogen-bond donors (Lipinski definition) is 1. The Balaban J connectivity index is 1.56. The van der Waals surface area contributed by atoms with E-state index in [0.717, 1.165) is 55.2 Å². The molecule has 0 unspecified atom stereocenters. The molecular formula is C20H23BrClFN2O2. The van der Waals surface area contributed by atoms with Crippen molar-refractivity contribution >= 4 is 27.5 Å². The van der Waals surface area contributed by atoms with E-state index >= 15 is 0 Å². The molecule has 27 heavy (non-hydrogen) atoms. The van der Waals surface area contributed by atoms with Crippen LogP contribution in [-0.4, -0.2) is 44.3 Å². The van der Waals surface area contributed by atoms with Gasteiger partial charge in [-0.05, 0) is 30.3 Å². The molecular weight excluding hydrogens is 435 g/mol. The number of benzene rings is 2. The van der Waals surface area contributed by atoms with Gasteiger partial charge in [0.1, 0.15) is 18.2 Å². The molecule has 7 heteroatoms. The van der Waals surface area contributed by atoms with Crippen LogP contribution in [0.15, 0.2) is 40.9 Å². The summed E-state index contributed by atoms with van der Waals surface area (Å²) in [5.41, 5.74) is 1.38. The lowest BCUT2D eigenvalue weighted by atomic mass is 10.2. The first-order valence-corrected chi connectivity index (χ1v) is 10.2. The minimum atomic E-state index is -0.357. The van der Waals surface area contributed by atoms with Gasteiger partial charge >= 0.3 is 0 Å². The average Bonchev–Trinajstić information content (AvgIpc) is 2.67. The highest BCUT2D eigenvalue weighted by Crippen LogP contribution is 2.26. The van der Waals surface area contributed by atoms with Crippen molar-refractivity contribution in [3.05, 3.63) is 62.8 Å². The van der Waals surface area contributed by atoms with Crippen LogP contribution in [0.4, 0.5) is 4.39 Å². The van der Waals surface area contributed by atoms with E-state index < -0.39 is 0 Å². The normalized spacial score (nSPS) is 15.1. The number of hydrogen-bond acceptors (Lipinski definition) is 4. The lowest BCUT2D eigenvalue weighted by molar-refractivity contribution is 0.0384. The van der Waals surface area contributed by atoms with Crippen molar-refractivity contribution in [3.8, 4) is 5.75 Å². The van der Waals surface area contributed by atoms with Crippen molar-refractivity contribution < 1.29 is 13.9 Å². The molecule has 1 aliphatic rings. The highest BCUT2D eigenvalue weighted by molar-refractivity contribution is 9.10. The number of nitrogens with zero attached hydrogens (tertiary/aromatic N) is 1. The molecule has 0 radical (unpaired) electrons. The zero-order valence-electron chi connectivity index (χ0n) is 15.0. The van der Waals surface area contributed by atoms with Crippen LogP contribution in [0.5, 0.6) is 5.75 Å². The van der Waals surface area contributed by atoms with Gasteiger partial charge in [0.15, 0.2) is 0 Å². The molecule has 0 aromatic heterocycles. The fraction of sp³-hybridized carbons (Fsp3) is 0.400. The van der Waals surface area contributed by atoms with Gasteiger partial charge in [0.05, 0.1) is 18.2 Å². The summed E-state index contributed by atoms with van der Waals surface area (Å²) >= 11 is 9.58. The van der Waals surface area contributed by atoms with E-state index in [0.29, 0.717) is 17.1 Å². The van der Waals surface area contributed by atoms with Gasteiger partial charge in [0, 0.05) is 48.3 Å². The minimum Gasteiger partial charge on any atom is -0.488 e. The molecule has 0 amide bonds. The van der Waals surface area contributed by atoms with Gasteiger partial charge in [0.2, 0.25) is 0 Å². The Bertz CT molecular complexity index is 737. The SMILES string of the molecule is Fc1cccc(Cl)c1COc1ccc(Br)cc1CNCCN1CCOCC1. The fourth-order valence-electron chi connectivity index (χ4n) is 2.93. The number of morpholine rings is 1. The van der Waals surface area contributed by atoms with Crippen LogP contribution < -0.4 is 10.1 Å². The Labute approximate surface area is 172 Å². The molecule has 0 spiro atoms. The van der Waals surface area contributed by atoms with Crippen LogP contribution in [0.2, 0.25) is 5.02 Å². The van der Waals surface area contributed by atoms with E-state index in [1.807, 2.05) is 18.2 Å². The highest BCUT2D eigenvalue weighted by Gasteiger charge is 2.12. The molecule has 0 saturated carbocycles. The van der Waals surface area contributed by atoms with Crippen LogP contribution >= 0.6 is 27.5 Å². The van der Waals surface area contributed by atoms with E-state index in [1.54, 1.807) is 12.1 Å². The third-order valence-electron chi connectivity index (χ3n) is 4.48. The molecule has 2 aromatic rings. The monoisotopic (exact) mass is 456 g/mol. The first kappa shape index (κ1) is 20.6. The lowest BCUT2D eigenvalue weighted by Gasteiger charge is -2.26. The van der Waals surface area contributed by atoms with Crippen LogP contribution in [0.3, 0.4) is 0 Å². The lowest BCUT2D eigenvalue weighted by Crippen LogP contribution is -2.40. The Morgan fingerprint density at radius 3 is 2.81 bits per heavy atom. The topological polar surface area (TPSA) is 33.7 Å². The molecule has 2 aromatic carbocycles. The van der Waals surface area contributed by atoms with Crippen molar-refractivity contribution in [2.24, 2.45) is 0 Å². The van der Waals surface area contributed by atoms with Crippen LogP contribution in [0.1, 0.15) is 11.1 Å². The zero-order valence-corrected chi connectivity index (χ0v) is 17.4. The van der Waals surface area contributed by atoms with Crippen molar-refractivity contribution in [1.29, 1.82) is 0 Å². The van der Waals surface area contributed by atoms with Gasteiger partial charge in [-0.25, -0.2) is 4.39 Å². The number of nitrogens with one attached hydrogen (secondary N) is 1. The van der Waals surface area contributed by atoms with E-state index in [9.17, 15) is 4.39 Å². The molecule has 0 bridgehead atoms. The summed E-state index contributed by atoms with van der Waals surface area (Å²) in [5.74, 6) is 0.362. The van der Waals surface area contributed by atoms with Gasteiger partial charge in [0.25, 0.3) is 0 Å². The first-order chi connectivity index (χ1) is 13.1. The maximum absolute atomic E-state index is 13.9. The Hall–Kier alpha value is -1.18. The van der Waals surface area contributed by atoms with Gasteiger partial charge in [-0.3, -0.25) is 4.90 Å². The van der Waals surface area contributed by atoms with E-state index in [4.69, 9.17) is 21.1 Å². The fourth-order valence-corrected chi connectivity index (χ4v) is 3.56. The molecule has 0 aliphatic carbocycles. The van der Waals surface area contributed by atoms with E-state index in [-0.39, 0.29) is 12.4 Å². The summed E-state index contributed by atoms with van der Waals surface area (Å²) in [6.07, 6.45) is 0. The molecule has 146 valence electrons. The second-order valence-electron chi connectivity index (χ2n) is 6.37. The molecule has 4 nitrogen and oxygen atoms in total. The standard InChI is InChI=1S/C20H23BrClFN2O2/c21-16-4-5-20(27-14-17-18(22)2-1-3-19(17)23)15(12-16)13-24-6-7-25-8-10-26-11-9-25/h1-5,12,24H,6-11,13-14H2. The summed E-state index contributed by atoms with van der Waals surface area (Å²) in [7, 11) is 0. The predicted molar refractivity (Wildman–Crippen MR) is 109 cm³/mol. The first-order valence-electron chi connectivity index (χ1n) is 8.98. The summed E-state index contributed by atoms with van der Waals surface area (Å²) in [5, 5.41) is 3.83. The average molecular weight is 458 g/mol. The largest absolute Gasteiger partial charge is 0.488 e. The zero-order chi connectivity index (χ0) is 19.1. The van der Waals surface area contributed by atoms with Gasteiger partial charge in [-0.15, -0.1) is 0 Å². The number of rotatable bonds is 8. The third-order valence-corrected chi connectivity index (χ3v) is 5.33. The molecule has 1 saturated heterocycles. The molecule has 1 heterocycles. The van der Waals surface area contributed by atoms with Crippen molar-refractivity contribution in [1.82, 2.24) is 10.2 Å². The summed E-state index contributed by atoms with van der Waals surface area (Å²) in [6.45, 7) is 6.21. The second kappa shape index (κ2) is 10.4. The minimum absolute atomic E-state index is 0.0912. The quantitative estimate of drug-likeness (QED) is 0.601. The van der Waals surface area contributed by atoms with Crippen molar-refractivity contribution in [3.63, 3.8) is 0 Å². The molecule has 1 aliphatic heterocycles. The van der Waals surface area contributed by atoms with Gasteiger partial charge in [-0.2, -0.15) is 0 Å².